The largest absolute Gasteiger partial charge is 0.465 e. The molecular formula is C17H23ClN2O6S. The third-order valence-corrected chi connectivity index (χ3v) is 7.09. The van der Waals surface area contributed by atoms with E-state index in [1.807, 2.05) is 6.92 Å². The van der Waals surface area contributed by atoms with Crippen molar-refractivity contribution in [2.24, 2.45) is 5.92 Å². The number of hydrogen-bond acceptors (Lipinski definition) is 6. The lowest BCUT2D eigenvalue weighted by molar-refractivity contribution is -0.121. The Morgan fingerprint density at radius 1 is 1.33 bits per heavy atom. The van der Waals surface area contributed by atoms with Crippen LogP contribution in [0.5, 0.6) is 11.5 Å². The molecule has 1 aromatic rings. The molecule has 150 valence electrons. The first kappa shape index (κ1) is 20.2. The lowest BCUT2D eigenvalue weighted by Gasteiger charge is -2.38. The number of esters is 1. The van der Waals surface area contributed by atoms with Gasteiger partial charge in [-0.1, -0.05) is 11.6 Å². The van der Waals surface area contributed by atoms with Gasteiger partial charge in [0.15, 0.2) is 11.5 Å². The Hall–Kier alpha value is -1.55. The zero-order valence-electron chi connectivity index (χ0n) is 15.7. The second kappa shape index (κ2) is 7.12. The van der Waals surface area contributed by atoms with Gasteiger partial charge in [-0.2, -0.15) is 12.7 Å². The first-order valence-electron chi connectivity index (χ1n) is 8.61. The maximum atomic E-state index is 12.0. The summed E-state index contributed by atoms with van der Waals surface area (Å²) in [6.07, 6.45) is 1.15. The van der Waals surface area contributed by atoms with E-state index in [9.17, 15) is 13.2 Å². The molecule has 0 radical (unpaired) electrons. The van der Waals surface area contributed by atoms with Crippen molar-refractivity contribution in [3.63, 3.8) is 0 Å². The Bertz CT molecular complexity index is 867. The number of hydrogen-bond donors (Lipinski definition) is 1. The highest BCUT2D eigenvalue weighted by Gasteiger charge is 2.48. The van der Waals surface area contributed by atoms with Crippen LogP contribution in [0.4, 0.5) is 0 Å². The molecule has 1 aromatic carbocycles. The summed E-state index contributed by atoms with van der Waals surface area (Å²) in [7, 11) is -0.746. The van der Waals surface area contributed by atoms with Crippen molar-refractivity contribution in [2.45, 2.75) is 32.5 Å². The van der Waals surface area contributed by atoms with Gasteiger partial charge in [-0.15, -0.1) is 0 Å². The number of carbonyl (C=O) groups excluding carboxylic acids is 1. The molecule has 1 fully saturated rings. The number of piperidine rings is 1. The van der Waals surface area contributed by atoms with Crippen molar-refractivity contribution in [3.8, 4) is 11.5 Å². The Balaban J connectivity index is 1.82. The lowest BCUT2D eigenvalue weighted by Crippen LogP contribution is -2.51. The van der Waals surface area contributed by atoms with Crippen LogP contribution in [0.2, 0.25) is 5.02 Å². The van der Waals surface area contributed by atoms with Gasteiger partial charge in [0.25, 0.3) is 16.0 Å². The fraction of sp³-hybridized carbons (Fsp3) is 0.588. The fourth-order valence-corrected chi connectivity index (χ4v) is 4.77. The van der Waals surface area contributed by atoms with Gasteiger partial charge in [-0.05, 0) is 25.8 Å². The number of carbonyl (C=O) groups is 1. The molecule has 2 aliphatic rings. The molecule has 3 rings (SSSR count). The van der Waals surface area contributed by atoms with Gasteiger partial charge in [0, 0.05) is 38.5 Å². The normalized spacial score (nSPS) is 23.4. The second-order valence-corrected chi connectivity index (χ2v) is 9.07. The van der Waals surface area contributed by atoms with Gasteiger partial charge >= 0.3 is 5.97 Å². The number of nitrogens with zero attached hydrogens (tertiary/aromatic N) is 1. The molecule has 0 spiro atoms. The van der Waals surface area contributed by atoms with Gasteiger partial charge in [-0.25, -0.2) is 9.52 Å². The molecule has 0 aromatic heterocycles. The van der Waals surface area contributed by atoms with Gasteiger partial charge in [-0.3, -0.25) is 0 Å². The zero-order chi connectivity index (χ0) is 20.0. The molecule has 1 saturated heterocycles. The molecule has 0 aliphatic carbocycles. The van der Waals surface area contributed by atoms with E-state index in [-0.39, 0.29) is 10.9 Å². The van der Waals surface area contributed by atoms with E-state index in [0.29, 0.717) is 48.6 Å². The summed E-state index contributed by atoms with van der Waals surface area (Å²) < 4.78 is 44.6. The summed E-state index contributed by atoms with van der Waals surface area (Å²) in [6, 6.07) is 1.51. The van der Waals surface area contributed by atoms with Crippen LogP contribution in [0, 0.1) is 12.8 Å². The maximum Gasteiger partial charge on any atom is 0.338 e. The van der Waals surface area contributed by atoms with Crippen LogP contribution < -0.4 is 14.2 Å². The highest BCUT2D eigenvalue weighted by atomic mass is 35.5. The molecule has 0 bridgehead atoms. The summed E-state index contributed by atoms with van der Waals surface area (Å²) >= 11 is 6.31. The number of methoxy groups -OCH3 is 1. The first-order valence-corrected chi connectivity index (χ1v) is 10.4. The van der Waals surface area contributed by atoms with Crippen molar-refractivity contribution in [1.29, 1.82) is 0 Å². The Labute approximate surface area is 163 Å². The molecule has 1 unspecified atom stereocenters. The second-order valence-electron chi connectivity index (χ2n) is 6.78. The van der Waals surface area contributed by atoms with Crippen molar-refractivity contribution < 1.29 is 27.4 Å². The van der Waals surface area contributed by atoms with E-state index in [2.05, 4.69) is 4.72 Å². The molecule has 2 heterocycles. The number of fused-ring (bicyclic) bond motifs is 1. The molecule has 8 nitrogen and oxygen atoms in total. The van der Waals surface area contributed by atoms with Crippen molar-refractivity contribution in [2.75, 3.05) is 27.2 Å². The minimum absolute atomic E-state index is 0.0368. The maximum absolute atomic E-state index is 12.0. The molecular weight excluding hydrogens is 396 g/mol. The summed E-state index contributed by atoms with van der Waals surface area (Å²) in [5.41, 5.74) is 0.921. The molecule has 27 heavy (non-hydrogen) atoms. The molecule has 0 amide bonds. The fourth-order valence-electron chi connectivity index (χ4n) is 3.58. The van der Waals surface area contributed by atoms with Crippen LogP contribution in [0.15, 0.2) is 6.07 Å². The van der Waals surface area contributed by atoms with Gasteiger partial charge in [0.05, 0.1) is 17.7 Å². The van der Waals surface area contributed by atoms with E-state index < -0.39 is 22.0 Å². The quantitative estimate of drug-likeness (QED) is 0.752. The Morgan fingerprint density at radius 2 is 1.93 bits per heavy atom. The average molecular weight is 419 g/mol. The van der Waals surface area contributed by atoms with Crippen molar-refractivity contribution in [1.82, 2.24) is 9.03 Å². The van der Waals surface area contributed by atoms with Crippen LogP contribution in [-0.2, 0) is 14.9 Å². The molecule has 1 atom stereocenters. The minimum Gasteiger partial charge on any atom is -0.465 e. The summed E-state index contributed by atoms with van der Waals surface area (Å²) in [6.45, 7) is 4.30. The number of nitrogens with one attached hydrogen (secondary N) is 1. The summed E-state index contributed by atoms with van der Waals surface area (Å²) in [5, 5.41) is 0.273. The smallest absolute Gasteiger partial charge is 0.338 e. The topological polar surface area (TPSA) is 94.2 Å². The third-order valence-electron chi connectivity index (χ3n) is 5.25. The van der Waals surface area contributed by atoms with Crippen molar-refractivity contribution >= 4 is 27.8 Å². The van der Waals surface area contributed by atoms with Crippen LogP contribution in [0.1, 0.15) is 35.7 Å². The van der Waals surface area contributed by atoms with E-state index in [0.717, 1.165) is 0 Å². The molecule has 0 saturated carbocycles. The summed E-state index contributed by atoms with van der Waals surface area (Å²) in [4.78, 5) is 12.0. The van der Waals surface area contributed by atoms with E-state index in [4.69, 9.17) is 25.8 Å². The SMILES string of the molecule is CNS(=O)(=O)N1CCC(C2(C)Oc3c(Cl)cc(C(=O)OC)c(C)c3O2)CC1. The Morgan fingerprint density at radius 3 is 2.48 bits per heavy atom. The molecule has 10 heteroatoms. The van der Waals surface area contributed by atoms with Gasteiger partial charge in [0.1, 0.15) is 0 Å². The standard InChI is InChI=1S/C17H23ClN2O6S/c1-10-12(16(21)24-4)9-13(18)15-14(10)25-17(2,26-15)11-5-7-20(8-6-11)27(22,23)19-3/h9,11,19H,5-8H2,1-4H3. The average Bonchev–Trinajstić information content (AvgIpc) is 3.04. The predicted octanol–water partition coefficient (Wildman–Crippen LogP) is 2.10. The van der Waals surface area contributed by atoms with Crippen molar-refractivity contribution in [3.05, 3.63) is 22.2 Å². The summed E-state index contributed by atoms with van der Waals surface area (Å²) in [5.74, 6) is -0.698. The van der Waals surface area contributed by atoms with Crippen LogP contribution in [-0.4, -0.2) is 51.7 Å². The number of rotatable bonds is 4. The van der Waals surface area contributed by atoms with Gasteiger partial charge < -0.3 is 14.2 Å². The highest BCUT2D eigenvalue weighted by Crippen LogP contribution is 2.51. The lowest BCUT2D eigenvalue weighted by atomic mass is 9.90. The number of ether oxygens (including phenoxy) is 3. The first-order chi connectivity index (χ1) is 12.6. The Kier molecular flexibility index (Phi) is 5.33. The van der Waals surface area contributed by atoms with E-state index in [1.54, 1.807) is 6.92 Å². The van der Waals surface area contributed by atoms with E-state index >= 15 is 0 Å². The zero-order valence-corrected chi connectivity index (χ0v) is 17.2. The number of halogens is 1. The van der Waals surface area contributed by atoms with E-state index in [1.165, 1.54) is 24.5 Å². The predicted molar refractivity (Wildman–Crippen MR) is 99.5 cm³/mol. The number of benzene rings is 1. The molecule has 2 aliphatic heterocycles. The molecule has 1 N–H and O–H groups in total. The highest BCUT2D eigenvalue weighted by molar-refractivity contribution is 7.87. The van der Waals surface area contributed by atoms with Crippen LogP contribution in [0.25, 0.3) is 0 Å². The van der Waals surface area contributed by atoms with Crippen LogP contribution in [0.3, 0.4) is 0 Å². The van der Waals surface area contributed by atoms with Gasteiger partial charge in [0.2, 0.25) is 0 Å². The van der Waals surface area contributed by atoms with Crippen LogP contribution >= 0.6 is 11.6 Å². The monoisotopic (exact) mass is 418 g/mol. The minimum atomic E-state index is -3.44. The third kappa shape index (κ3) is 3.49.